The smallest absolute Gasteiger partial charge is 0.250 e. The summed E-state index contributed by atoms with van der Waals surface area (Å²) < 4.78 is 22.1. The van der Waals surface area contributed by atoms with Crippen LogP contribution in [0.2, 0.25) is 0 Å². The molecule has 2 heterocycles. The second-order valence-electron chi connectivity index (χ2n) is 9.69. The van der Waals surface area contributed by atoms with E-state index in [9.17, 15) is 9.59 Å². The van der Waals surface area contributed by atoms with Crippen molar-refractivity contribution in [2.24, 2.45) is 0 Å². The molecule has 0 bridgehead atoms. The summed E-state index contributed by atoms with van der Waals surface area (Å²) in [4.78, 5) is 30.2. The Hall–Kier alpha value is -3.93. The zero-order valence-corrected chi connectivity index (χ0v) is 23.6. The molecule has 1 saturated carbocycles. The highest BCUT2D eigenvalue weighted by molar-refractivity contribution is 5.88. The molecule has 1 aromatic carbocycles. The second-order valence-corrected chi connectivity index (χ2v) is 9.69. The molecular formula is C28H38N6O6. The number of amides is 2. The normalized spacial score (nSPS) is 14.2. The number of nitrogens with one attached hydrogen (secondary N) is 1. The summed E-state index contributed by atoms with van der Waals surface area (Å²) >= 11 is 0. The van der Waals surface area contributed by atoms with E-state index in [2.05, 4.69) is 20.7 Å². The van der Waals surface area contributed by atoms with Crippen molar-refractivity contribution in [1.29, 1.82) is 0 Å². The monoisotopic (exact) mass is 554 g/mol. The summed E-state index contributed by atoms with van der Waals surface area (Å²) in [6, 6.07) is 7.98. The Morgan fingerprint density at radius 1 is 1.15 bits per heavy atom. The van der Waals surface area contributed by atoms with Crippen LogP contribution >= 0.6 is 0 Å². The molecule has 0 radical (unpaired) electrons. The average Bonchev–Trinajstić information content (AvgIpc) is 3.73. The Morgan fingerprint density at radius 3 is 2.60 bits per heavy atom. The van der Waals surface area contributed by atoms with Gasteiger partial charge in [0.05, 0.1) is 14.2 Å². The van der Waals surface area contributed by atoms with Gasteiger partial charge in [-0.3, -0.25) is 9.59 Å². The minimum atomic E-state index is -0.933. The third-order valence-electron chi connectivity index (χ3n) is 6.88. The fourth-order valence-electron chi connectivity index (χ4n) is 4.87. The van der Waals surface area contributed by atoms with E-state index in [1.807, 2.05) is 13.8 Å². The third kappa shape index (κ3) is 7.17. The zero-order chi connectivity index (χ0) is 28.5. The maximum atomic E-state index is 13.8. The number of aryl methyl sites for hydroxylation is 1. The molecule has 12 heteroatoms. The molecule has 4 rings (SSSR count). The number of methoxy groups -OCH3 is 2. The number of tetrazole rings is 1. The SMILES string of the molecule is CCOCCCN(C(=O)Cn1nnc(-c2ccc(OC)c(OC)c2)n1)[C@@H](C(=O)NC1CCCC1)c1ccc(C)o1. The first-order chi connectivity index (χ1) is 19.4. The minimum absolute atomic E-state index is 0.0902. The van der Waals surface area contributed by atoms with Gasteiger partial charge in [-0.1, -0.05) is 12.8 Å². The van der Waals surface area contributed by atoms with Gasteiger partial charge in [0.15, 0.2) is 17.5 Å². The fourth-order valence-corrected chi connectivity index (χ4v) is 4.87. The van der Waals surface area contributed by atoms with Crippen molar-refractivity contribution >= 4 is 11.8 Å². The number of benzene rings is 1. The molecular weight excluding hydrogens is 516 g/mol. The van der Waals surface area contributed by atoms with Crippen LogP contribution in [0.3, 0.4) is 0 Å². The largest absolute Gasteiger partial charge is 0.493 e. The van der Waals surface area contributed by atoms with Crippen LogP contribution in [0.1, 0.15) is 56.6 Å². The Bertz CT molecular complexity index is 1270. The first kappa shape index (κ1) is 29.1. The molecule has 1 fully saturated rings. The molecule has 0 aliphatic heterocycles. The summed E-state index contributed by atoms with van der Waals surface area (Å²) in [5, 5.41) is 15.8. The molecule has 216 valence electrons. The van der Waals surface area contributed by atoms with Crippen LogP contribution < -0.4 is 14.8 Å². The Balaban J connectivity index is 1.57. The van der Waals surface area contributed by atoms with Gasteiger partial charge in [0.2, 0.25) is 11.7 Å². The number of carbonyl (C=O) groups excluding carboxylic acids is 2. The molecule has 0 spiro atoms. The number of carbonyl (C=O) groups is 2. The van der Waals surface area contributed by atoms with Crippen molar-refractivity contribution in [3.05, 3.63) is 41.9 Å². The predicted molar refractivity (Wildman–Crippen MR) is 146 cm³/mol. The van der Waals surface area contributed by atoms with E-state index in [0.29, 0.717) is 60.6 Å². The highest BCUT2D eigenvalue weighted by Gasteiger charge is 2.35. The molecule has 2 aromatic heterocycles. The highest BCUT2D eigenvalue weighted by Crippen LogP contribution is 2.31. The molecule has 1 aliphatic carbocycles. The number of nitrogens with zero attached hydrogens (tertiary/aromatic N) is 5. The highest BCUT2D eigenvalue weighted by atomic mass is 16.5. The molecule has 12 nitrogen and oxygen atoms in total. The van der Waals surface area contributed by atoms with E-state index in [-0.39, 0.29) is 24.4 Å². The maximum absolute atomic E-state index is 13.8. The van der Waals surface area contributed by atoms with Gasteiger partial charge in [-0.2, -0.15) is 4.80 Å². The number of furan rings is 1. The van der Waals surface area contributed by atoms with Gasteiger partial charge in [0.25, 0.3) is 5.91 Å². The van der Waals surface area contributed by atoms with E-state index in [1.165, 1.54) is 9.70 Å². The molecule has 1 atom stereocenters. The second kappa shape index (κ2) is 13.9. The van der Waals surface area contributed by atoms with Crippen molar-refractivity contribution in [3.8, 4) is 22.9 Å². The number of rotatable bonds is 14. The van der Waals surface area contributed by atoms with E-state index in [1.54, 1.807) is 44.6 Å². The van der Waals surface area contributed by atoms with Crippen LogP contribution in [-0.2, 0) is 20.9 Å². The van der Waals surface area contributed by atoms with Crippen molar-refractivity contribution in [2.75, 3.05) is 34.0 Å². The van der Waals surface area contributed by atoms with Crippen LogP contribution in [0.25, 0.3) is 11.4 Å². The Labute approximate surface area is 233 Å². The number of hydrogen-bond donors (Lipinski definition) is 1. The summed E-state index contributed by atoms with van der Waals surface area (Å²) in [5.41, 5.74) is 0.657. The van der Waals surface area contributed by atoms with E-state index in [4.69, 9.17) is 18.6 Å². The molecule has 0 saturated heterocycles. The van der Waals surface area contributed by atoms with E-state index < -0.39 is 6.04 Å². The van der Waals surface area contributed by atoms with Gasteiger partial charge in [0.1, 0.15) is 18.1 Å². The minimum Gasteiger partial charge on any atom is -0.493 e. The maximum Gasteiger partial charge on any atom is 0.250 e. The lowest BCUT2D eigenvalue weighted by molar-refractivity contribution is -0.143. The Morgan fingerprint density at radius 2 is 1.93 bits per heavy atom. The van der Waals surface area contributed by atoms with Gasteiger partial charge in [0, 0.05) is 31.4 Å². The quantitative estimate of drug-likeness (QED) is 0.298. The van der Waals surface area contributed by atoms with Crippen LogP contribution in [0.15, 0.2) is 34.7 Å². The first-order valence-electron chi connectivity index (χ1n) is 13.7. The molecule has 1 N–H and O–H groups in total. The van der Waals surface area contributed by atoms with E-state index >= 15 is 0 Å². The lowest BCUT2D eigenvalue weighted by Gasteiger charge is -2.30. The Kier molecular flexibility index (Phi) is 10.1. The van der Waals surface area contributed by atoms with Crippen LogP contribution in [0.5, 0.6) is 11.5 Å². The van der Waals surface area contributed by atoms with Crippen LogP contribution in [0.4, 0.5) is 0 Å². The molecule has 2 amide bonds. The van der Waals surface area contributed by atoms with Gasteiger partial charge in [-0.15, -0.1) is 10.2 Å². The van der Waals surface area contributed by atoms with Crippen molar-refractivity contribution in [3.63, 3.8) is 0 Å². The van der Waals surface area contributed by atoms with Crippen molar-refractivity contribution < 1.29 is 28.2 Å². The zero-order valence-electron chi connectivity index (χ0n) is 23.6. The summed E-state index contributed by atoms with van der Waals surface area (Å²) in [6.07, 6.45) is 4.55. The molecule has 40 heavy (non-hydrogen) atoms. The van der Waals surface area contributed by atoms with Crippen LogP contribution in [0, 0.1) is 6.92 Å². The average molecular weight is 555 g/mol. The van der Waals surface area contributed by atoms with Crippen LogP contribution in [-0.4, -0.2) is 76.9 Å². The molecule has 0 unspecified atom stereocenters. The van der Waals surface area contributed by atoms with Gasteiger partial charge < -0.3 is 28.8 Å². The third-order valence-corrected chi connectivity index (χ3v) is 6.88. The summed E-state index contributed by atoms with van der Waals surface area (Å²) in [6.45, 7) is 4.84. The van der Waals surface area contributed by atoms with Gasteiger partial charge in [-0.05, 0) is 68.7 Å². The van der Waals surface area contributed by atoms with Gasteiger partial charge in [-0.25, -0.2) is 0 Å². The van der Waals surface area contributed by atoms with Crippen molar-refractivity contribution in [1.82, 2.24) is 30.4 Å². The topological polar surface area (TPSA) is 134 Å². The van der Waals surface area contributed by atoms with Crippen molar-refractivity contribution in [2.45, 2.75) is 64.6 Å². The molecule has 1 aliphatic rings. The number of aromatic nitrogens is 4. The fraction of sp³-hybridized carbons (Fsp3) is 0.536. The first-order valence-corrected chi connectivity index (χ1v) is 13.7. The predicted octanol–water partition coefficient (Wildman–Crippen LogP) is 3.31. The number of hydrogen-bond acceptors (Lipinski definition) is 9. The summed E-state index contributed by atoms with van der Waals surface area (Å²) in [7, 11) is 3.10. The van der Waals surface area contributed by atoms with Gasteiger partial charge >= 0.3 is 0 Å². The molecule has 3 aromatic rings. The number of ether oxygens (including phenoxy) is 3. The lowest BCUT2D eigenvalue weighted by atomic mass is 10.1. The lowest BCUT2D eigenvalue weighted by Crippen LogP contribution is -2.47. The standard InChI is InChI=1S/C28H38N6O6/c1-5-39-16-8-15-33(26(23-13-11-19(2)40-23)28(36)29-21-9-6-7-10-21)25(35)18-34-31-27(30-32-34)20-12-14-22(37-3)24(17-20)38-4/h11-14,17,21,26H,5-10,15-16,18H2,1-4H3,(H,29,36)/t26-/m1/s1. The van der Waals surface area contributed by atoms with E-state index in [0.717, 1.165) is 25.7 Å². The summed E-state index contributed by atoms with van der Waals surface area (Å²) in [5.74, 6) is 1.90.